The van der Waals surface area contributed by atoms with Gasteiger partial charge in [0.25, 0.3) is 0 Å². The average molecular weight is 350 g/mol. The zero-order valence-corrected chi connectivity index (χ0v) is 14.7. The summed E-state index contributed by atoms with van der Waals surface area (Å²) < 4.78 is 0. The second kappa shape index (κ2) is 15.6. The number of carboxylic acids is 1. The first-order valence-electron chi connectivity index (χ1n) is 8.56. The Morgan fingerprint density at radius 1 is 0.920 bits per heavy atom. The first kappa shape index (κ1) is 23.1. The Morgan fingerprint density at radius 3 is 2.12 bits per heavy atom. The molecule has 0 heterocycles. The van der Waals surface area contributed by atoms with Crippen molar-refractivity contribution in [1.82, 2.24) is 0 Å². The van der Waals surface area contributed by atoms with Crippen LogP contribution in [0.1, 0.15) is 39.0 Å². The first-order valence-corrected chi connectivity index (χ1v) is 8.56. The van der Waals surface area contributed by atoms with E-state index in [4.69, 9.17) is 5.11 Å². The van der Waals surface area contributed by atoms with E-state index in [0.29, 0.717) is 12.8 Å². The standard InChI is InChI=1S/C20H30O5/c1-2-3-8-12-17(21)13-9-6-4-5-7-10-14-18(22)19(23)15-11-16-20(24)25/h3-10,13-14,17-19,21-23H,2,11-12,15-16H2,1H3,(H,24,25)/t17-,18-,19-/m0/s1. The number of hydrogen-bond donors (Lipinski definition) is 4. The molecule has 0 unspecified atom stereocenters. The summed E-state index contributed by atoms with van der Waals surface area (Å²) in [5, 5.41) is 37.5. The summed E-state index contributed by atoms with van der Waals surface area (Å²) in [5.41, 5.74) is 0. The highest BCUT2D eigenvalue weighted by molar-refractivity contribution is 5.66. The van der Waals surface area contributed by atoms with Crippen molar-refractivity contribution in [1.29, 1.82) is 0 Å². The van der Waals surface area contributed by atoms with Gasteiger partial charge in [0.2, 0.25) is 0 Å². The molecular formula is C20H30O5. The molecule has 0 fully saturated rings. The molecular weight excluding hydrogens is 320 g/mol. The molecule has 0 radical (unpaired) electrons. The second-order valence-corrected chi connectivity index (χ2v) is 5.57. The van der Waals surface area contributed by atoms with Gasteiger partial charge in [0.1, 0.15) is 0 Å². The van der Waals surface area contributed by atoms with Crippen molar-refractivity contribution in [3.05, 3.63) is 60.8 Å². The van der Waals surface area contributed by atoms with E-state index in [9.17, 15) is 20.1 Å². The highest BCUT2D eigenvalue weighted by atomic mass is 16.4. The van der Waals surface area contributed by atoms with Crippen LogP contribution in [-0.4, -0.2) is 44.7 Å². The zero-order valence-electron chi connectivity index (χ0n) is 14.7. The molecule has 0 aromatic heterocycles. The molecule has 5 heteroatoms. The maximum Gasteiger partial charge on any atom is 0.303 e. The third-order valence-electron chi connectivity index (χ3n) is 3.26. The van der Waals surface area contributed by atoms with Gasteiger partial charge in [-0.25, -0.2) is 0 Å². The first-order chi connectivity index (χ1) is 12.0. The average Bonchev–Trinajstić information content (AvgIpc) is 2.56. The van der Waals surface area contributed by atoms with E-state index in [1.54, 1.807) is 42.5 Å². The fourth-order valence-electron chi connectivity index (χ4n) is 1.87. The predicted octanol–water partition coefficient (Wildman–Crippen LogP) is 2.91. The minimum Gasteiger partial charge on any atom is -0.481 e. The van der Waals surface area contributed by atoms with Gasteiger partial charge in [0, 0.05) is 6.42 Å². The van der Waals surface area contributed by atoms with Crippen LogP contribution in [-0.2, 0) is 4.79 Å². The molecule has 5 nitrogen and oxygen atoms in total. The van der Waals surface area contributed by atoms with Crippen LogP contribution in [0.3, 0.4) is 0 Å². The van der Waals surface area contributed by atoms with E-state index in [1.807, 2.05) is 19.1 Å². The zero-order chi connectivity index (χ0) is 18.9. The number of rotatable bonds is 13. The smallest absolute Gasteiger partial charge is 0.303 e. The predicted molar refractivity (Wildman–Crippen MR) is 100 cm³/mol. The Labute approximate surface area is 150 Å². The molecule has 0 saturated heterocycles. The number of aliphatic hydroxyl groups is 3. The molecule has 3 atom stereocenters. The minimum absolute atomic E-state index is 0.0186. The summed E-state index contributed by atoms with van der Waals surface area (Å²) in [7, 11) is 0. The Kier molecular flexibility index (Phi) is 14.4. The second-order valence-electron chi connectivity index (χ2n) is 5.57. The molecule has 25 heavy (non-hydrogen) atoms. The van der Waals surface area contributed by atoms with E-state index in [0.717, 1.165) is 6.42 Å². The summed E-state index contributed by atoms with van der Waals surface area (Å²) in [6.07, 6.45) is 17.2. The van der Waals surface area contributed by atoms with Gasteiger partial charge in [-0.2, -0.15) is 0 Å². The van der Waals surface area contributed by atoms with Gasteiger partial charge in [-0.1, -0.05) is 67.7 Å². The van der Waals surface area contributed by atoms with Crippen LogP contribution in [0.25, 0.3) is 0 Å². The van der Waals surface area contributed by atoms with Crippen LogP contribution < -0.4 is 0 Å². The van der Waals surface area contributed by atoms with Crippen molar-refractivity contribution >= 4 is 5.97 Å². The Morgan fingerprint density at radius 2 is 1.52 bits per heavy atom. The number of aliphatic carboxylic acids is 1. The van der Waals surface area contributed by atoms with E-state index in [-0.39, 0.29) is 12.8 Å². The quantitative estimate of drug-likeness (QED) is 0.302. The third-order valence-corrected chi connectivity index (χ3v) is 3.26. The maximum absolute atomic E-state index is 10.4. The molecule has 0 aliphatic rings. The summed E-state index contributed by atoms with van der Waals surface area (Å²) in [4.78, 5) is 10.4. The third kappa shape index (κ3) is 15.3. The molecule has 0 aromatic carbocycles. The highest BCUT2D eigenvalue weighted by Gasteiger charge is 2.12. The molecule has 0 aromatic rings. The van der Waals surface area contributed by atoms with Crippen molar-refractivity contribution in [2.75, 3.05) is 0 Å². The van der Waals surface area contributed by atoms with Crippen LogP contribution in [0, 0.1) is 0 Å². The van der Waals surface area contributed by atoms with Gasteiger partial charge in [-0.05, 0) is 25.7 Å². The van der Waals surface area contributed by atoms with E-state index < -0.39 is 24.3 Å². The van der Waals surface area contributed by atoms with Crippen molar-refractivity contribution < 1.29 is 25.2 Å². The molecule has 4 N–H and O–H groups in total. The topological polar surface area (TPSA) is 98.0 Å². The molecule has 0 bridgehead atoms. The summed E-state index contributed by atoms with van der Waals surface area (Å²) >= 11 is 0. The number of hydrogen-bond acceptors (Lipinski definition) is 4. The van der Waals surface area contributed by atoms with Crippen molar-refractivity contribution in [2.45, 2.75) is 57.3 Å². The largest absolute Gasteiger partial charge is 0.481 e. The van der Waals surface area contributed by atoms with E-state index in [2.05, 4.69) is 0 Å². The van der Waals surface area contributed by atoms with Crippen LogP contribution >= 0.6 is 0 Å². The summed E-state index contributed by atoms with van der Waals surface area (Å²) in [6, 6.07) is 0. The molecule has 140 valence electrons. The molecule has 0 aliphatic heterocycles. The number of allylic oxidation sites excluding steroid dienone is 7. The van der Waals surface area contributed by atoms with Crippen LogP contribution in [0.5, 0.6) is 0 Å². The van der Waals surface area contributed by atoms with Crippen LogP contribution in [0.15, 0.2) is 60.8 Å². The lowest BCUT2D eigenvalue weighted by atomic mass is 10.1. The molecule has 0 amide bonds. The van der Waals surface area contributed by atoms with Gasteiger partial charge in [0.05, 0.1) is 18.3 Å². The molecule has 0 aliphatic carbocycles. The monoisotopic (exact) mass is 350 g/mol. The van der Waals surface area contributed by atoms with Gasteiger partial charge in [0.15, 0.2) is 0 Å². The Balaban J connectivity index is 4.02. The number of aliphatic hydroxyl groups excluding tert-OH is 3. The summed E-state index contributed by atoms with van der Waals surface area (Å²) in [6.45, 7) is 2.04. The normalized spacial score (nSPS) is 16.6. The van der Waals surface area contributed by atoms with Gasteiger partial charge < -0.3 is 20.4 Å². The van der Waals surface area contributed by atoms with Crippen molar-refractivity contribution in [3.63, 3.8) is 0 Å². The van der Waals surface area contributed by atoms with Gasteiger partial charge in [-0.3, -0.25) is 4.79 Å². The Bertz CT molecular complexity index is 488. The summed E-state index contributed by atoms with van der Waals surface area (Å²) in [5.74, 6) is -0.911. The van der Waals surface area contributed by atoms with Crippen LogP contribution in [0.2, 0.25) is 0 Å². The highest BCUT2D eigenvalue weighted by Crippen LogP contribution is 2.06. The lowest BCUT2D eigenvalue weighted by molar-refractivity contribution is -0.137. The number of carbonyl (C=O) groups is 1. The lowest BCUT2D eigenvalue weighted by Gasteiger charge is -2.13. The fourth-order valence-corrected chi connectivity index (χ4v) is 1.87. The molecule has 0 saturated carbocycles. The maximum atomic E-state index is 10.4. The Hall–Kier alpha value is -1.95. The fraction of sp³-hybridized carbons (Fsp3) is 0.450. The van der Waals surface area contributed by atoms with Crippen molar-refractivity contribution in [2.24, 2.45) is 0 Å². The lowest BCUT2D eigenvalue weighted by Crippen LogP contribution is -2.23. The van der Waals surface area contributed by atoms with Gasteiger partial charge >= 0.3 is 5.97 Å². The number of carboxylic acid groups (broad SMARTS) is 1. The van der Waals surface area contributed by atoms with E-state index >= 15 is 0 Å². The molecule has 0 spiro atoms. The van der Waals surface area contributed by atoms with Crippen molar-refractivity contribution in [3.8, 4) is 0 Å². The van der Waals surface area contributed by atoms with Crippen LogP contribution in [0.4, 0.5) is 0 Å². The minimum atomic E-state index is -1.02. The molecule has 0 rings (SSSR count). The van der Waals surface area contributed by atoms with E-state index in [1.165, 1.54) is 6.08 Å². The SMILES string of the molecule is CCC=CC[C@H](O)C=CC=CC=CC=C[C@H](O)[C@@H](O)CCCC(=O)O. The van der Waals surface area contributed by atoms with Gasteiger partial charge in [-0.15, -0.1) is 0 Å².